The van der Waals surface area contributed by atoms with E-state index in [2.05, 4.69) is 4.98 Å². The number of alkyl halides is 5. The molecule has 0 saturated heterocycles. The third-order valence-electron chi connectivity index (χ3n) is 2.00. The van der Waals surface area contributed by atoms with E-state index in [1.807, 2.05) is 0 Å². The minimum absolute atomic E-state index is 0. The second kappa shape index (κ2) is 5.14. The number of hydrogen-bond acceptors (Lipinski definition) is 2. The Balaban J connectivity index is 0.00000256. The molecule has 0 spiro atoms. The number of halogens is 6. The Labute approximate surface area is 100 Å². The first-order chi connectivity index (χ1) is 7.16. The van der Waals surface area contributed by atoms with Gasteiger partial charge in [-0.25, -0.2) is 0 Å². The van der Waals surface area contributed by atoms with Crippen molar-refractivity contribution in [1.82, 2.24) is 4.98 Å². The van der Waals surface area contributed by atoms with Gasteiger partial charge >= 0.3 is 12.1 Å². The zero-order valence-electron chi connectivity index (χ0n) is 8.63. The summed E-state index contributed by atoms with van der Waals surface area (Å²) in [5, 5.41) is 0. The second-order valence-corrected chi connectivity index (χ2v) is 3.30. The summed E-state index contributed by atoms with van der Waals surface area (Å²) in [6, 6.07) is 1.34. The molecule has 1 heterocycles. The molecule has 8 heteroatoms. The van der Waals surface area contributed by atoms with Crippen molar-refractivity contribution in [3.8, 4) is 0 Å². The number of rotatable bonds is 2. The normalized spacial score (nSPS) is 14.1. The molecule has 1 atom stereocenters. The van der Waals surface area contributed by atoms with Crippen LogP contribution in [0.1, 0.15) is 17.4 Å². The van der Waals surface area contributed by atoms with Crippen LogP contribution in [0.25, 0.3) is 0 Å². The topological polar surface area (TPSA) is 38.9 Å². The third-order valence-corrected chi connectivity index (χ3v) is 2.00. The average molecular weight is 277 g/mol. The molecule has 0 aliphatic heterocycles. The maximum atomic E-state index is 12.9. The first kappa shape index (κ1) is 16.1. The van der Waals surface area contributed by atoms with Crippen LogP contribution in [-0.2, 0) is 0 Å². The van der Waals surface area contributed by atoms with Gasteiger partial charge in [-0.15, -0.1) is 12.4 Å². The van der Waals surface area contributed by atoms with Gasteiger partial charge in [0.05, 0.1) is 5.69 Å². The minimum Gasteiger partial charge on any atom is -0.317 e. The van der Waals surface area contributed by atoms with Crippen LogP contribution in [0.2, 0.25) is 0 Å². The van der Waals surface area contributed by atoms with Gasteiger partial charge in [0.15, 0.2) is 0 Å². The van der Waals surface area contributed by atoms with Gasteiger partial charge in [-0.05, 0) is 19.1 Å². The summed E-state index contributed by atoms with van der Waals surface area (Å²) < 4.78 is 61.7. The molecule has 0 amide bonds. The lowest BCUT2D eigenvalue weighted by molar-refractivity contribution is -0.291. The molecular weight excluding hydrogens is 267 g/mol. The molecule has 1 aromatic rings. The Morgan fingerprint density at radius 3 is 2.12 bits per heavy atom. The van der Waals surface area contributed by atoms with E-state index in [4.69, 9.17) is 5.73 Å². The van der Waals surface area contributed by atoms with Gasteiger partial charge < -0.3 is 5.73 Å². The highest BCUT2D eigenvalue weighted by Gasteiger charge is 2.62. The summed E-state index contributed by atoms with van der Waals surface area (Å²) in [5.74, 6) is -4.99. The Morgan fingerprint density at radius 2 is 1.71 bits per heavy atom. The molecule has 98 valence electrons. The molecule has 0 saturated carbocycles. The molecule has 0 bridgehead atoms. The first-order valence-corrected chi connectivity index (χ1v) is 4.30. The molecule has 1 aromatic heterocycles. The number of nitrogens with two attached hydrogens (primary N) is 1. The predicted octanol–water partition coefficient (Wildman–Crippen LogP) is 3.01. The summed E-state index contributed by atoms with van der Waals surface area (Å²) >= 11 is 0. The Bertz CT molecular complexity index is 380. The SMILES string of the molecule is Cc1cccc([C@H](N)C(F)(F)C(F)(F)F)n1.Cl. The maximum Gasteiger partial charge on any atom is 0.455 e. The maximum absolute atomic E-state index is 12.9. The van der Waals surface area contributed by atoms with Crippen LogP contribution in [-0.4, -0.2) is 17.1 Å². The number of aromatic nitrogens is 1. The fraction of sp³-hybridized carbons (Fsp3) is 0.444. The quantitative estimate of drug-likeness (QED) is 0.844. The fourth-order valence-electron chi connectivity index (χ4n) is 1.10. The molecule has 0 aliphatic carbocycles. The lowest BCUT2D eigenvalue weighted by Crippen LogP contribution is -2.46. The summed E-state index contributed by atoms with van der Waals surface area (Å²) in [7, 11) is 0. The van der Waals surface area contributed by atoms with Crippen molar-refractivity contribution < 1.29 is 22.0 Å². The zero-order valence-corrected chi connectivity index (χ0v) is 9.45. The molecule has 0 aromatic carbocycles. The molecule has 0 fully saturated rings. The largest absolute Gasteiger partial charge is 0.455 e. The van der Waals surface area contributed by atoms with Crippen LogP contribution in [0.5, 0.6) is 0 Å². The van der Waals surface area contributed by atoms with Gasteiger partial charge in [-0.3, -0.25) is 4.98 Å². The van der Waals surface area contributed by atoms with Crippen LogP contribution >= 0.6 is 12.4 Å². The summed E-state index contributed by atoms with van der Waals surface area (Å²) in [6.45, 7) is 1.47. The van der Waals surface area contributed by atoms with Gasteiger partial charge in [-0.2, -0.15) is 22.0 Å². The minimum atomic E-state index is -5.68. The number of nitrogens with zero attached hydrogens (tertiary/aromatic N) is 1. The van der Waals surface area contributed by atoms with Crippen molar-refractivity contribution in [1.29, 1.82) is 0 Å². The van der Waals surface area contributed by atoms with Crippen LogP contribution in [0.3, 0.4) is 0 Å². The van der Waals surface area contributed by atoms with E-state index < -0.39 is 23.8 Å². The van der Waals surface area contributed by atoms with Crippen LogP contribution in [0.15, 0.2) is 18.2 Å². The lowest BCUT2D eigenvalue weighted by Gasteiger charge is -2.25. The lowest BCUT2D eigenvalue weighted by atomic mass is 10.1. The van der Waals surface area contributed by atoms with Crippen LogP contribution in [0, 0.1) is 6.92 Å². The Hall–Kier alpha value is -0.950. The third kappa shape index (κ3) is 3.26. The molecule has 0 unspecified atom stereocenters. The second-order valence-electron chi connectivity index (χ2n) is 3.30. The van der Waals surface area contributed by atoms with E-state index >= 15 is 0 Å². The van der Waals surface area contributed by atoms with Crippen molar-refractivity contribution in [3.63, 3.8) is 0 Å². The van der Waals surface area contributed by atoms with Crippen LogP contribution in [0.4, 0.5) is 22.0 Å². The predicted molar refractivity (Wildman–Crippen MR) is 54.2 cm³/mol. The zero-order chi connectivity index (χ0) is 12.6. The van der Waals surface area contributed by atoms with Gasteiger partial charge in [0, 0.05) is 5.69 Å². The van der Waals surface area contributed by atoms with Crippen molar-refractivity contribution in [2.24, 2.45) is 5.73 Å². The van der Waals surface area contributed by atoms with E-state index in [-0.39, 0.29) is 12.4 Å². The average Bonchev–Trinajstić information content (AvgIpc) is 2.14. The Morgan fingerprint density at radius 1 is 1.18 bits per heavy atom. The number of hydrogen-bond donors (Lipinski definition) is 1. The van der Waals surface area contributed by atoms with Gasteiger partial charge in [0.1, 0.15) is 6.04 Å². The van der Waals surface area contributed by atoms with Crippen molar-refractivity contribution in [2.75, 3.05) is 0 Å². The van der Waals surface area contributed by atoms with E-state index in [0.717, 1.165) is 6.07 Å². The van der Waals surface area contributed by atoms with Gasteiger partial charge in [0.2, 0.25) is 0 Å². The monoisotopic (exact) mass is 276 g/mol. The van der Waals surface area contributed by atoms with Gasteiger partial charge in [0.25, 0.3) is 0 Å². The highest BCUT2D eigenvalue weighted by molar-refractivity contribution is 5.85. The Kier molecular flexibility index (Phi) is 4.85. The number of aryl methyl sites for hydroxylation is 1. The highest BCUT2D eigenvalue weighted by Crippen LogP contribution is 2.42. The molecule has 0 aliphatic rings. The van der Waals surface area contributed by atoms with E-state index in [0.29, 0.717) is 5.69 Å². The number of pyridine rings is 1. The van der Waals surface area contributed by atoms with Crippen molar-refractivity contribution in [3.05, 3.63) is 29.6 Å². The van der Waals surface area contributed by atoms with E-state index in [1.165, 1.54) is 19.1 Å². The van der Waals surface area contributed by atoms with E-state index in [9.17, 15) is 22.0 Å². The standard InChI is InChI=1S/C9H9F5N2.ClH/c1-5-3-2-4-6(16-5)7(15)8(10,11)9(12,13)14;/h2-4,7H,15H2,1H3;1H/t7-;/m0./s1. The molecule has 0 radical (unpaired) electrons. The van der Waals surface area contributed by atoms with Gasteiger partial charge in [-0.1, -0.05) is 6.07 Å². The summed E-state index contributed by atoms with van der Waals surface area (Å²) in [4.78, 5) is 3.55. The van der Waals surface area contributed by atoms with Crippen molar-refractivity contribution in [2.45, 2.75) is 25.1 Å². The molecule has 2 nitrogen and oxygen atoms in total. The molecule has 1 rings (SSSR count). The summed E-state index contributed by atoms with van der Waals surface area (Å²) in [6.07, 6.45) is -5.68. The smallest absolute Gasteiger partial charge is 0.317 e. The van der Waals surface area contributed by atoms with Crippen LogP contribution < -0.4 is 5.73 Å². The van der Waals surface area contributed by atoms with E-state index in [1.54, 1.807) is 0 Å². The highest BCUT2D eigenvalue weighted by atomic mass is 35.5. The fourth-order valence-corrected chi connectivity index (χ4v) is 1.10. The van der Waals surface area contributed by atoms with Crippen molar-refractivity contribution >= 4 is 12.4 Å². The summed E-state index contributed by atoms with van der Waals surface area (Å²) in [5.41, 5.74) is 4.74. The molecule has 17 heavy (non-hydrogen) atoms. The first-order valence-electron chi connectivity index (χ1n) is 4.30. The molecular formula is C9H10ClF5N2. The molecule has 2 N–H and O–H groups in total.